The predicted octanol–water partition coefficient (Wildman–Crippen LogP) is 1.08. The second kappa shape index (κ2) is 3.18. The van der Waals surface area contributed by atoms with Crippen LogP contribution in [-0.4, -0.2) is 16.7 Å². The van der Waals surface area contributed by atoms with E-state index < -0.39 is 0 Å². The summed E-state index contributed by atoms with van der Waals surface area (Å²) in [5, 5.41) is 8.39. The highest BCUT2D eigenvalue weighted by Crippen LogP contribution is 2.14. The molecule has 0 unspecified atom stereocenters. The van der Waals surface area contributed by atoms with Gasteiger partial charge in [0.05, 0.1) is 5.52 Å². The largest absolute Gasteiger partial charge is 0.424 e. The Morgan fingerprint density at radius 3 is 2.92 bits per heavy atom. The molecule has 0 atom stereocenters. The van der Waals surface area contributed by atoms with Crippen molar-refractivity contribution in [3.8, 4) is 5.88 Å². The molecular weight excluding hydrogens is 168 g/mol. The topological polar surface area (TPSA) is 52.1 Å². The average molecular weight is 173 g/mol. The number of rotatable bonds is 2. The molecular formula is C9H5N2O2. The zero-order valence-corrected chi connectivity index (χ0v) is 6.60. The summed E-state index contributed by atoms with van der Waals surface area (Å²) in [6.45, 7) is 1.30. The number of aromatic nitrogens is 2. The molecule has 0 amide bonds. The highest BCUT2D eigenvalue weighted by Gasteiger charge is 1.98. The Bertz CT molecular complexity index is 442. The van der Waals surface area contributed by atoms with Gasteiger partial charge >= 0.3 is 6.47 Å². The molecule has 63 valence electrons. The first-order chi connectivity index (χ1) is 6.40. The molecule has 0 saturated heterocycles. The van der Waals surface area contributed by atoms with Crippen molar-refractivity contribution < 1.29 is 9.53 Å². The second-order valence-corrected chi connectivity index (χ2v) is 2.43. The minimum Gasteiger partial charge on any atom is -0.397 e. The summed E-state index contributed by atoms with van der Waals surface area (Å²) in [6, 6.07) is 9.06. The summed E-state index contributed by atoms with van der Waals surface area (Å²) in [6.07, 6.45) is 0. The first-order valence-corrected chi connectivity index (χ1v) is 3.66. The van der Waals surface area contributed by atoms with E-state index in [2.05, 4.69) is 14.9 Å². The molecule has 1 aromatic carbocycles. The third-order valence-corrected chi connectivity index (χ3v) is 1.62. The summed E-state index contributed by atoms with van der Waals surface area (Å²) < 4.78 is 4.43. The molecule has 0 fully saturated rings. The Kier molecular flexibility index (Phi) is 1.88. The lowest BCUT2D eigenvalue weighted by atomic mass is 10.2. The molecule has 2 rings (SSSR count). The zero-order valence-electron chi connectivity index (χ0n) is 6.60. The van der Waals surface area contributed by atoms with Gasteiger partial charge in [-0.1, -0.05) is 18.2 Å². The molecule has 0 N–H and O–H groups in total. The lowest BCUT2D eigenvalue weighted by molar-refractivity contribution is 0.430. The van der Waals surface area contributed by atoms with Gasteiger partial charge < -0.3 is 4.74 Å². The summed E-state index contributed by atoms with van der Waals surface area (Å²) in [5.41, 5.74) is 0.765. The highest BCUT2D eigenvalue weighted by molar-refractivity contribution is 5.78. The smallest absolute Gasteiger partial charge is 0.397 e. The van der Waals surface area contributed by atoms with Crippen LogP contribution in [0.25, 0.3) is 10.9 Å². The first kappa shape index (κ1) is 7.67. The van der Waals surface area contributed by atoms with E-state index in [4.69, 9.17) is 0 Å². The summed E-state index contributed by atoms with van der Waals surface area (Å²) in [4.78, 5) is 9.90. The number of hydrogen-bond acceptors (Lipinski definition) is 4. The third kappa shape index (κ3) is 1.46. The fourth-order valence-electron chi connectivity index (χ4n) is 1.06. The van der Waals surface area contributed by atoms with Crippen LogP contribution in [-0.2, 0) is 4.79 Å². The lowest BCUT2D eigenvalue weighted by Gasteiger charge is -1.96. The van der Waals surface area contributed by atoms with E-state index in [0.717, 1.165) is 10.9 Å². The molecule has 1 aromatic heterocycles. The van der Waals surface area contributed by atoms with E-state index in [9.17, 15) is 4.79 Å². The van der Waals surface area contributed by atoms with Crippen LogP contribution in [0.2, 0.25) is 0 Å². The Hall–Kier alpha value is -1.97. The molecule has 0 aliphatic heterocycles. The van der Waals surface area contributed by atoms with Gasteiger partial charge in [-0.05, 0) is 6.07 Å². The molecule has 13 heavy (non-hydrogen) atoms. The van der Waals surface area contributed by atoms with Crippen LogP contribution in [0.4, 0.5) is 0 Å². The average Bonchev–Trinajstić information content (AvgIpc) is 2.18. The molecule has 1 heterocycles. The predicted molar refractivity (Wildman–Crippen MR) is 45.9 cm³/mol. The van der Waals surface area contributed by atoms with Gasteiger partial charge in [-0.25, -0.2) is 4.79 Å². The number of fused-ring (bicyclic) bond motifs is 1. The standard InChI is InChI=1S/C9H5N2O2/c12-6-13-9-5-7-3-1-2-4-8(7)10-11-9/h1-5H. The highest BCUT2D eigenvalue weighted by atomic mass is 16.5. The zero-order chi connectivity index (χ0) is 9.10. The van der Waals surface area contributed by atoms with Gasteiger partial charge in [0, 0.05) is 11.5 Å². The van der Waals surface area contributed by atoms with Gasteiger partial charge in [0.25, 0.3) is 0 Å². The van der Waals surface area contributed by atoms with E-state index in [1.54, 1.807) is 6.07 Å². The quantitative estimate of drug-likeness (QED) is 0.681. The van der Waals surface area contributed by atoms with Gasteiger partial charge in [-0.2, -0.15) is 0 Å². The number of ether oxygens (including phenoxy) is 1. The normalized spacial score (nSPS) is 9.85. The van der Waals surface area contributed by atoms with Crippen molar-refractivity contribution in [2.24, 2.45) is 0 Å². The van der Waals surface area contributed by atoms with Crippen molar-refractivity contribution in [1.82, 2.24) is 10.2 Å². The van der Waals surface area contributed by atoms with Gasteiger partial charge in [0.15, 0.2) is 0 Å². The van der Waals surface area contributed by atoms with Gasteiger partial charge in [0.1, 0.15) is 0 Å². The molecule has 0 bridgehead atoms. The Balaban J connectivity index is 2.55. The second-order valence-electron chi connectivity index (χ2n) is 2.43. The number of nitrogens with zero attached hydrogens (tertiary/aromatic N) is 2. The maximum atomic E-state index is 9.90. The van der Waals surface area contributed by atoms with Crippen molar-refractivity contribution in [3.05, 3.63) is 30.3 Å². The fraction of sp³-hybridized carbons (Fsp3) is 0. The fourth-order valence-corrected chi connectivity index (χ4v) is 1.06. The number of hydrogen-bond donors (Lipinski definition) is 0. The summed E-state index contributed by atoms with van der Waals surface area (Å²) in [5.74, 6) is 0.161. The number of carbonyl (C=O) groups excluding carboxylic acids is 1. The van der Waals surface area contributed by atoms with E-state index in [-0.39, 0.29) is 5.88 Å². The van der Waals surface area contributed by atoms with Crippen molar-refractivity contribution in [3.63, 3.8) is 0 Å². The van der Waals surface area contributed by atoms with E-state index >= 15 is 0 Å². The van der Waals surface area contributed by atoms with Crippen LogP contribution >= 0.6 is 0 Å². The van der Waals surface area contributed by atoms with Gasteiger partial charge in [-0.3, -0.25) is 0 Å². The van der Waals surface area contributed by atoms with E-state index in [1.807, 2.05) is 24.3 Å². The molecule has 4 heteroatoms. The van der Waals surface area contributed by atoms with Gasteiger partial charge in [-0.15, -0.1) is 10.2 Å². The first-order valence-electron chi connectivity index (χ1n) is 3.66. The van der Waals surface area contributed by atoms with Crippen LogP contribution in [0.1, 0.15) is 0 Å². The molecule has 0 aliphatic carbocycles. The van der Waals surface area contributed by atoms with Crippen molar-refractivity contribution in [1.29, 1.82) is 0 Å². The van der Waals surface area contributed by atoms with Crippen LogP contribution in [0.5, 0.6) is 5.88 Å². The van der Waals surface area contributed by atoms with Crippen LogP contribution in [0, 0.1) is 0 Å². The van der Waals surface area contributed by atoms with Crippen molar-refractivity contribution in [2.45, 2.75) is 0 Å². The molecule has 2 aromatic rings. The third-order valence-electron chi connectivity index (χ3n) is 1.62. The van der Waals surface area contributed by atoms with Crippen molar-refractivity contribution >= 4 is 17.4 Å². The lowest BCUT2D eigenvalue weighted by Crippen LogP contribution is -1.93. The molecule has 0 saturated carbocycles. The van der Waals surface area contributed by atoms with E-state index in [0.29, 0.717) is 0 Å². The Labute approximate surface area is 74.2 Å². The summed E-state index contributed by atoms with van der Waals surface area (Å²) >= 11 is 0. The minimum atomic E-state index is 0.161. The van der Waals surface area contributed by atoms with Crippen molar-refractivity contribution in [2.75, 3.05) is 0 Å². The van der Waals surface area contributed by atoms with Crippen LogP contribution < -0.4 is 4.74 Å². The SMILES string of the molecule is O=[C]Oc1cc2ccccc2nn1. The monoisotopic (exact) mass is 173 g/mol. The summed E-state index contributed by atoms with van der Waals surface area (Å²) in [7, 11) is 0. The maximum absolute atomic E-state index is 9.90. The van der Waals surface area contributed by atoms with Crippen LogP contribution in [0.15, 0.2) is 30.3 Å². The number of benzene rings is 1. The molecule has 4 nitrogen and oxygen atoms in total. The van der Waals surface area contributed by atoms with Gasteiger partial charge in [0.2, 0.25) is 5.88 Å². The molecule has 1 radical (unpaired) electrons. The molecule has 0 aliphatic rings. The Morgan fingerprint density at radius 2 is 2.08 bits per heavy atom. The molecule has 0 spiro atoms. The maximum Gasteiger partial charge on any atom is 0.424 e. The minimum absolute atomic E-state index is 0.161. The van der Waals surface area contributed by atoms with E-state index in [1.165, 1.54) is 6.47 Å². The Morgan fingerprint density at radius 1 is 1.23 bits per heavy atom. The van der Waals surface area contributed by atoms with Crippen LogP contribution in [0.3, 0.4) is 0 Å².